The molecular formula is C17H24ClN3O. The third-order valence-corrected chi connectivity index (χ3v) is 6.49. The lowest BCUT2D eigenvalue weighted by Crippen LogP contribution is -2.50. The Morgan fingerprint density at radius 1 is 1.05 bits per heavy atom. The predicted molar refractivity (Wildman–Crippen MR) is 87.4 cm³/mol. The first-order valence-electron chi connectivity index (χ1n) is 8.55. The van der Waals surface area contributed by atoms with Gasteiger partial charge in [-0.15, -0.1) is 12.4 Å². The van der Waals surface area contributed by atoms with Crippen molar-refractivity contribution in [3.05, 3.63) is 27.4 Å². The van der Waals surface area contributed by atoms with Gasteiger partial charge in [-0.05, 0) is 69.2 Å². The van der Waals surface area contributed by atoms with Crippen LogP contribution in [0.15, 0.2) is 4.79 Å². The Morgan fingerprint density at radius 2 is 1.68 bits per heavy atom. The highest BCUT2D eigenvalue weighted by Crippen LogP contribution is 2.60. The molecule has 0 saturated heterocycles. The first-order chi connectivity index (χ1) is 10.2. The van der Waals surface area contributed by atoms with Crippen LogP contribution in [0.5, 0.6) is 0 Å². The summed E-state index contributed by atoms with van der Waals surface area (Å²) in [5.74, 6) is 3.68. The number of aromatic amines is 1. The molecule has 1 aromatic rings. The van der Waals surface area contributed by atoms with E-state index in [1.165, 1.54) is 38.5 Å². The van der Waals surface area contributed by atoms with E-state index in [1.807, 2.05) is 0 Å². The van der Waals surface area contributed by atoms with Crippen molar-refractivity contribution >= 4 is 12.4 Å². The van der Waals surface area contributed by atoms with E-state index in [1.54, 1.807) is 0 Å². The zero-order valence-corrected chi connectivity index (χ0v) is 13.7. The van der Waals surface area contributed by atoms with Gasteiger partial charge in [-0.3, -0.25) is 4.79 Å². The van der Waals surface area contributed by atoms with Gasteiger partial charge in [0.25, 0.3) is 5.56 Å². The van der Waals surface area contributed by atoms with Crippen LogP contribution in [0.1, 0.15) is 55.6 Å². The molecule has 6 rings (SSSR count). The van der Waals surface area contributed by atoms with Gasteiger partial charge in [-0.1, -0.05) is 0 Å². The molecule has 4 aliphatic carbocycles. The molecule has 0 spiro atoms. The van der Waals surface area contributed by atoms with Crippen LogP contribution < -0.4 is 10.9 Å². The second-order valence-electron chi connectivity index (χ2n) is 7.96. The standard InChI is InChI=1S/C17H23N3O.ClH/c21-15-13-1-2-18-9-14(13)19-16(20-15)17-6-10-3-11(7-17)5-12(4-10)8-17;/h10-12,18H,1-9H2,(H,19,20,21);1H. The Bertz CT molecular complexity index is 619. The summed E-state index contributed by atoms with van der Waals surface area (Å²) in [6.07, 6.45) is 8.87. The van der Waals surface area contributed by atoms with Gasteiger partial charge in [0.1, 0.15) is 5.82 Å². The molecule has 0 radical (unpaired) electrons. The summed E-state index contributed by atoms with van der Waals surface area (Å²) < 4.78 is 0. The van der Waals surface area contributed by atoms with Crippen molar-refractivity contribution in [2.24, 2.45) is 17.8 Å². The maximum atomic E-state index is 12.5. The summed E-state index contributed by atoms with van der Waals surface area (Å²) in [6.45, 7) is 1.66. The number of fused-ring (bicyclic) bond motifs is 1. The normalized spacial score (nSPS) is 38.5. The maximum Gasteiger partial charge on any atom is 0.254 e. The van der Waals surface area contributed by atoms with Crippen LogP contribution in [-0.4, -0.2) is 16.5 Å². The monoisotopic (exact) mass is 321 g/mol. The fraction of sp³-hybridized carbons (Fsp3) is 0.765. The second-order valence-corrected chi connectivity index (χ2v) is 7.96. The lowest BCUT2D eigenvalue weighted by atomic mass is 9.49. The van der Waals surface area contributed by atoms with Gasteiger partial charge in [0, 0.05) is 17.5 Å². The van der Waals surface area contributed by atoms with Crippen LogP contribution in [0.3, 0.4) is 0 Å². The van der Waals surface area contributed by atoms with E-state index in [9.17, 15) is 4.79 Å². The smallest absolute Gasteiger partial charge is 0.254 e. The molecule has 1 aromatic heterocycles. The second kappa shape index (κ2) is 5.07. The van der Waals surface area contributed by atoms with Crippen molar-refractivity contribution in [3.8, 4) is 0 Å². The molecular weight excluding hydrogens is 298 g/mol. The molecule has 1 aliphatic heterocycles. The van der Waals surface area contributed by atoms with Gasteiger partial charge >= 0.3 is 0 Å². The molecule has 4 nitrogen and oxygen atoms in total. The highest BCUT2D eigenvalue weighted by molar-refractivity contribution is 5.85. The highest BCUT2D eigenvalue weighted by atomic mass is 35.5. The van der Waals surface area contributed by atoms with Gasteiger partial charge in [0.2, 0.25) is 0 Å². The molecule has 22 heavy (non-hydrogen) atoms. The minimum Gasteiger partial charge on any atom is -0.311 e. The Labute approximate surface area is 136 Å². The number of nitrogens with one attached hydrogen (secondary N) is 2. The molecule has 0 amide bonds. The molecule has 0 atom stereocenters. The Kier molecular flexibility index (Phi) is 3.39. The molecule has 4 bridgehead atoms. The minimum atomic E-state index is 0. The van der Waals surface area contributed by atoms with Crippen molar-refractivity contribution in [3.63, 3.8) is 0 Å². The van der Waals surface area contributed by atoms with E-state index in [0.29, 0.717) is 0 Å². The summed E-state index contributed by atoms with van der Waals surface area (Å²) in [7, 11) is 0. The Balaban J connectivity index is 0.00000125. The van der Waals surface area contributed by atoms with E-state index < -0.39 is 0 Å². The average molecular weight is 322 g/mol. The first-order valence-corrected chi connectivity index (χ1v) is 8.55. The zero-order chi connectivity index (χ0) is 14.0. The zero-order valence-electron chi connectivity index (χ0n) is 12.9. The van der Waals surface area contributed by atoms with Gasteiger partial charge < -0.3 is 10.3 Å². The largest absolute Gasteiger partial charge is 0.311 e. The summed E-state index contributed by atoms with van der Waals surface area (Å²) in [5, 5.41) is 3.35. The molecule has 2 heterocycles. The van der Waals surface area contributed by atoms with Crippen molar-refractivity contribution in [2.45, 2.75) is 56.9 Å². The van der Waals surface area contributed by atoms with Gasteiger partial charge in [0.05, 0.1) is 5.69 Å². The number of aromatic nitrogens is 2. The van der Waals surface area contributed by atoms with Crippen LogP contribution in [-0.2, 0) is 18.4 Å². The number of nitrogens with zero attached hydrogens (tertiary/aromatic N) is 1. The Hall–Kier alpha value is -0.870. The van der Waals surface area contributed by atoms with Crippen LogP contribution in [0.25, 0.3) is 0 Å². The molecule has 5 heteroatoms. The van der Waals surface area contributed by atoms with Gasteiger partial charge in [-0.2, -0.15) is 0 Å². The average Bonchev–Trinajstić information content (AvgIpc) is 2.46. The lowest BCUT2D eigenvalue weighted by Gasteiger charge is -2.56. The third kappa shape index (κ3) is 2.07. The lowest BCUT2D eigenvalue weighted by molar-refractivity contribution is -0.00966. The van der Waals surface area contributed by atoms with Crippen LogP contribution >= 0.6 is 12.4 Å². The number of rotatable bonds is 1. The first kappa shape index (κ1) is 14.7. The molecule has 4 saturated carbocycles. The van der Waals surface area contributed by atoms with Crippen LogP contribution in [0, 0.1) is 17.8 Å². The van der Waals surface area contributed by atoms with Gasteiger partial charge in [-0.25, -0.2) is 4.98 Å². The highest BCUT2D eigenvalue weighted by Gasteiger charge is 2.53. The maximum absolute atomic E-state index is 12.5. The third-order valence-electron chi connectivity index (χ3n) is 6.49. The molecule has 120 valence electrons. The van der Waals surface area contributed by atoms with E-state index in [-0.39, 0.29) is 23.4 Å². The summed E-state index contributed by atoms with van der Waals surface area (Å²) in [5.41, 5.74) is 2.26. The molecule has 0 aromatic carbocycles. The summed E-state index contributed by atoms with van der Waals surface area (Å²) in [6, 6.07) is 0. The number of halogens is 1. The summed E-state index contributed by atoms with van der Waals surface area (Å²) >= 11 is 0. The van der Waals surface area contributed by atoms with E-state index in [4.69, 9.17) is 4.98 Å². The number of hydrogen-bond donors (Lipinski definition) is 2. The molecule has 5 aliphatic rings. The van der Waals surface area contributed by atoms with E-state index in [2.05, 4.69) is 10.3 Å². The van der Waals surface area contributed by atoms with Gasteiger partial charge in [0.15, 0.2) is 0 Å². The quantitative estimate of drug-likeness (QED) is 0.834. The molecule has 4 fully saturated rings. The van der Waals surface area contributed by atoms with Crippen LogP contribution in [0.4, 0.5) is 0 Å². The van der Waals surface area contributed by atoms with Crippen molar-refractivity contribution < 1.29 is 0 Å². The molecule has 0 unspecified atom stereocenters. The van der Waals surface area contributed by atoms with Crippen molar-refractivity contribution in [2.75, 3.05) is 6.54 Å². The van der Waals surface area contributed by atoms with E-state index in [0.717, 1.165) is 54.3 Å². The van der Waals surface area contributed by atoms with Crippen molar-refractivity contribution in [1.82, 2.24) is 15.3 Å². The van der Waals surface area contributed by atoms with Crippen molar-refractivity contribution in [1.29, 1.82) is 0 Å². The van der Waals surface area contributed by atoms with Crippen LogP contribution in [0.2, 0.25) is 0 Å². The topological polar surface area (TPSA) is 57.8 Å². The predicted octanol–water partition coefficient (Wildman–Crippen LogP) is 2.31. The SMILES string of the molecule is Cl.O=c1[nH]c(C23CC4CC(CC(C4)C2)C3)nc2c1CCNC2. The molecule has 2 N–H and O–H groups in total. The minimum absolute atomic E-state index is 0. The number of hydrogen-bond acceptors (Lipinski definition) is 3. The summed E-state index contributed by atoms with van der Waals surface area (Å²) in [4.78, 5) is 20.6. The number of H-pyrrole nitrogens is 1. The Morgan fingerprint density at radius 3 is 2.32 bits per heavy atom. The fourth-order valence-corrected chi connectivity index (χ4v) is 6.02. The van der Waals surface area contributed by atoms with E-state index >= 15 is 0 Å². The fourth-order valence-electron chi connectivity index (χ4n) is 6.02.